The highest BCUT2D eigenvalue weighted by Gasteiger charge is 2.12. The molecule has 0 aliphatic heterocycles. The number of thiazole rings is 1. The lowest BCUT2D eigenvalue weighted by molar-refractivity contribution is 0.0977. The largest absolute Gasteiger partial charge is 0.332 e. The molecule has 3 aromatic carbocycles. The van der Waals surface area contributed by atoms with Gasteiger partial charge in [-0.2, -0.15) is 0 Å². The number of hydrogen-bond donors (Lipinski definition) is 2. The van der Waals surface area contributed by atoms with Gasteiger partial charge in [-0.1, -0.05) is 36.4 Å². The van der Waals surface area contributed by atoms with Crippen molar-refractivity contribution in [3.05, 3.63) is 82.8 Å². The molecule has 0 bridgehead atoms. The zero-order valence-electron chi connectivity index (χ0n) is 14.5. The van der Waals surface area contributed by atoms with Crippen molar-refractivity contribution in [2.75, 3.05) is 5.32 Å². The zero-order valence-corrected chi connectivity index (χ0v) is 17.7. The Kier molecular flexibility index (Phi) is 5.47. The van der Waals surface area contributed by atoms with Gasteiger partial charge in [0.2, 0.25) is 0 Å². The second kappa shape index (κ2) is 8.18. The maximum absolute atomic E-state index is 12.4. The Bertz CT molecular complexity index is 1160. The van der Waals surface area contributed by atoms with Crippen molar-refractivity contribution in [3.8, 4) is 10.6 Å². The van der Waals surface area contributed by atoms with E-state index in [9.17, 15) is 4.79 Å². The van der Waals surface area contributed by atoms with Gasteiger partial charge < -0.3 is 5.32 Å². The highest BCUT2D eigenvalue weighted by atomic mass is 79.9. The van der Waals surface area contributed by atoms with Gasteiger partial charge in [0.15, 0.2) is 5.11 Å². The molecule has 0 aliphatic carbocycles. The second-order valence-electron chi connectivity index (χ2n) is 5.96. The molecule has 0 aliphatic rings. The van der Waals surface area contributed by atoms with Crippen LogP contribution in [0.3, 0.4) is 0 Å². The van der Waals surface area contributed by atoms with E-state index in [1.54, 1.807) is 23.5 Å². The number of nitrogens with one attached hydrogen (secondary N) is 2. The molecule has 28 heavy (non-hydrogen) atoms. The molecule has 4 nitrogen and oxygen atoms in total. The molecule has 0 saturated heterocycles. The van der Waals surface area contributed by atoms with Crippen LogP contribution >= 0.6 is 39.5 Å². The van der Waals surface area contributed by atoms with E-state index in [4.69, 9.17) is 12.2 Å². The minimum Gasteiger partial charge on any atom is -0.332 e. The van der Waals surface area contributed by atoms with Gasteiger partial charge in [-0.05, 0) is 64.5 Å². The predicted octanol–water partition coefficient (Wildman–Crippen LogP) is 5.85. The van der Waals surface area contributed by atoms with E-state index < -0.39 is 0 Å². The fourth-order valence-electron chi connectivity index (χ4n) is 2.70. The molecule has 1 aromatic heterocycles. The maximum atomic E-state index is 12.4. The summed E-state index contributed by atoms with van der Waals surface area (Å²) in [5.41, 5.74) is 3.28. The number of rotatable bonds is 3. The third-order valence-electron chi connectivity index (χ3n) is 4.01. The lowest BCUT2D eigenvalue weighted by Gasteiger charge is -2.11. The Morgan fingerprint density at radius 1 is 1.00 bits per heavy atom. The van der Waals surface area contributed by atoms with E-state index in [1.165, 1.54) is 0 Å². The average molecular weight is 468 g/mol. The van der Waals surface area contributed by atoms with Crippen LogP contribution in [0.4, 0.5) is 5.69 Å². The molecule has 0 saturated carbocycles. The Hall–Kier alpha value is -2.61. The minimum absolute atomic E-state index is 0.238. The Balaban J connectivity index is 1.49. The maximum Gasteiger partial charge on any atom is 0.258 e. The third-order valence-corrected chi connectivity index (χ3v) is 5.99. The molecule has 0 spiro atoms. The fourth-order valence-corrected chi connectivity index (χ4v) is 4.34. The first-order valence-corrected chi connectivity index (χ1v) is 10.4. The molecule has 7 heteroatoms. The number of halogens is 1. The summed E-state index contributed by atoms with van der Waals surface area (Å²) >= 11 is 10.3. The molecule has 138 valence electrons. The van der Waals surface area contributed by atoms with Gasteiger partial charge >= 0.3 is 0 Å². The summed E-state index contributed by atoms with van der Waals surface area (Å²) < 4.78 is 1.86. The summed E-state index contributed by atoms with van der Waals surface area (Å²) in [7, 11) is 0. The molecule has 1 amide bonds. The van der Waals surface area contributed by atoms with Crippen LogP contribution in [0.25, 0.3) is 20.8 Å². The third kappa shape index (κ3) is 4.11. The first kappa shape index (κ1) is 18.7. The van der Waals surface area contributed by atoms with Gasteiger partial charge in [0, 0.05) is 15.7 Å². The smallest absolute Gasteiger partial charge is 0.258 e. The lowest BCUT2D eigenvalue weighted by atomic mass is 10.2. The summed E-state index contributed by atoms with van der Waals surface area (Å²) in [5, 5.41) is 6.95. The fraction of sp³-hybridized carbons (Fsp3) is 0. The molecule has 0 fully saturated rings. The summed E-state index contributed by atoms with van der Waals surface area (Å²) in [6.45, 7) is 0. The van der Waals surface area contributed by atoms with Crippen LogP contribution in [-0.4, -0.2) is 16.0 Å². The summed E-state index contributed by atoms with van der Waals surface area (Å²) in [6.07, 6.45) is 0. The summed E-state index contributed by atoms with van der Waals surface area (Å²) in [6, 6.07) is 23.1. The first-order chi connectivity index (χ1) is 13.6. The van der Waals surface area contributed by atoms with Crippen molar-refractivity contribution in [3.63, 3.8) is 0 Å². The van der Waals surface area contributed by atoms with Gasteiger partial charge in [-0.3, -0.25) is 10.1 Å². The molecule has 0 radical (unpaired) electrons. The number of anilines is 1. The van der Waals surface area contributed by atoms with E-state index in [0.717, 1.165) is 26.5 Å². The van der Waals surface area contributed by atoms with Gasteiger partial charge in [-0.25, -0.2) is 4.98 Å². The van der Waals surface area contributed by atoms with Crippen molar-refractivity contribution in [2.24, 2.45) is 0 Å². The van der Waals surface area contributed by atoms with Gasteiger partial charge in [0.1, 0.15) is 5.01 Å². The van der Waals surface area contributed by atoms with Gasteiger partial charge in [0.25, 0.3) is 5.91 Å². The number of fused-ring (bicyclic) bond motifs is 1. The number of hydrogen-bond acceptors (Lipinski definition) is 4. The first-order valence-electron chi connectivity index (χ1n) is 8.43. The van der Waals surface area contributed by atoms with Crippen molar-refractivity contribution >= 4 is 66.4 Å². The molecular weight excluding hydrogens is 454 g/mol. The quantitative estimate of drug-likeness (QED) is 0.370. The van der Waals surface area contributed by atoms with Crippen molar-refractivity contribution < 1.29 is 4.79 Å². The second-order valence-corrected chi connectivity index (χ2v) is 8.25. The minimum atomic E-state index is -0.271. The van der Waals surface area contributed by atoms with Crippen LogP contribution in [0.2, 0.25) is 0 Å². The molecule has 4 rings (SSSR count). The molecule has 2 N–H and O–H groups in total. The normalized spacial score (nSPS) is 10.6. The van der Waals surface area contributed by atoms with Crippen molar-refractivity contribution in [2.45, 2.75) is 0 Å². The topological polar surface area (TPSA) is 54.0 Å². The van der Waals surface area contributed by atoms with Crippen LogP contribution in [0.5, 0.6) is 0 Å². The zero-order chi connectivity index (χ0) is 19.5. The number of carbonyl (C=O) groups is 1. The van der Waals surface area contributed by atoms with E-state index in [1.807, 2.05) is 54.6 Å². The monoisotopic (exact) mass is 467 g/mol. The van der Waals surface area contributed by atoms with Crippen molar-refractivity contribution in [1.82, 2.24) is 10.3 Å². The molecular formula is C21H14BrN3OS2. The number of thiocarbonyl (C=S) groups is 1. The highest BCUT2D eigenvalue weighted by molar-refractivity contribution is 9.10. The summed E-state index contributed by atoms with van der Waals surface area (Å²) in [4.78, 5) is 17.1. The Labute approximate surface area is 179 Å². The molecule has 0 atom stereocenters. The Morgan fingerprint density at radius 2 is 1.79 bits per heavy atom. The number of aromatic nitrogens is 1. The van der Waals surface area contributed by atoms with Crippen LogP contribution < -0.4 is 10.6 Å². The van der Waals surface area contributed by atoms with E-state index in [-0.39, 0.29) is 11.0 Å². The van der Waals surface area contributed by atoms with Gasteiger partial charge in [-0.15, -0.1) is 11.3 Å². The van der Waals surface area contributed by atoms with E-state index in [2.05, 4.69) is 37.6 Å². The van der Waals surface area contributed by atoms with Crippen LogP contribution in [0.15, 0.2) is 77.3 Å². The number of nitrogens with zero attached hydrogens (tertiary/aromatic N) is 1. The number of benzene rings is 3. The molecule has 4 aromatic rings. The molecule has 0 unspecified atom stereocenters. The van der Waals surface area contributed by atoms with E-state index >= 15 is 0 Å². The van der Waals surface area contributed by atoms with Crippen LogP contribution in [-0.2, 0) is 0 Å². The predicted molar refractivity (Wildman–Crippen MR) is 123 cm³/mol. The number of para-hydroxylation sites is 1. The SMILES string of the molecule is O=C(NC(=S)Nc1cccc(-c2nc3ccccc3s2)c1)c1ccccc1Br. The number of amides is 1. The van der Waals surface area contributed by atoms with E-state index in [0.29, 0.717) is 10.0 Å². The van der Waals surface area contributed by atoms with Crippen LogP contribution in [0, 0.1) is 0 Å². The van der Waals surface area contributed by atoms with Gasteiger partial charge in [0.05, 0.1) is 15.8 Å². The molecule has 1 heterocycles. The lowest BCUT2D eigenvalue weighted by Crippen LogP contribution is -2.34. The van der Waals surface area contributed by atoms with Crippen LogP contribution in [0.1, 0.15) is 10.4 Å². The average Bonchev–Trinajstić information content (AvgIpc) is 3.12. The highest BCUT2D eigenvalue weighted by Crippen LogP contribution is 2.31. The number of carbonyl (C=O) groups excluding carboxylic acids is 1. The van der Waals surface area contributed by atoms with Crippen molar-refractivity contribution in [1.29, 1.82) is 0 Å². The Morgan fingerprint density at radius 3 is 2.61 bits per heavy atom. The summed E-state index contributed by atoms with van der Waals surface area (Å²) in [5.74, 6) is -0.271. The standard InChI is InChI=1S/C21H14BrN3OS2/c22-16-9-2-1-8-15(16)19(26)25-21(27)23-14-7-5-6-13(12-14)20-24-17-10-3-4-11-18(17)28-20/h1-12H,(H2,23,25,26,27).